The first kappa shape index (κ1) is 21.1. The average molecular weight is 450 g/mol. The molecule has 7 nitrogen and oxygen atoms in total. The van der Waals surface area contributed by atoms with Crippen LogP contribution in [0.1, 0.15) is 5.69 Å². The van der Waals surface area contributed by atoms with Crippen molar-refractivity contribution < 1.29 is 28.1 Å². The fourth-order valence-corrected chi connectivity index (χ4v) is 3.67. The third kappa shape index (κ3) is 3.49. The molecular formula is C21H18ClF2N3O4. The number of pyridine rings is 1. The molecule has 0 atom stereocenters. The second kappa shape index (κ2) is 8.16. The van der Waals surface area contributed by atoms with Gasteiger partial charge in [-0.25, -0.2) is 13.8 Å². The molecule has 0 fully saturated rings. The van der Waals surface area contributed by atoms with Crippen molar-refractivity contribution in [2.75, 3.05) is 27.4 Å². The maximum absolute atomic E-state index is 15.5. The van der Waals surface area contributed by atoms with E-state index in [1.165, 1.54) is 20.3 Å². The maximum atomic E-state index is 15.5. The SMILES string of the molecule is COCCOc1cc(F)c2c(-c3cc(Cl)c(O)cc3F)nc3[nH]nc(C)c3c2c1OC. The summed E-state index contributed by atoms with van der Waals surface area (Å²) in [6.07, 6.45) is 0. The first-order valence-corrected chi connectivity index (χ1v) is 9.60. The van der Waals surface area contributed by atoms with Crippen LogP contribution < -0.4 is 9.47 Å². The molecule has 162 valence electrons. The zero-order valence-corrected chi connectivity index (χ0v) is 17.6. The van der Waals surface area contributed by atoms with Crippen LogP contribution >= 0.6 is 11.6 Å². The van der Waals surface area contributed by atoms with E-state index >= 15 is 4.39 Å². The van der Waals surface area contributed by atoms with Crippen molar-refractivity contribution in [3.8, 4) is 28.5 Å². The molecule has 2 N–H and O–H groups in total. The molecule has 0 radical (unpaired) electrons. The number of phenolic OH excluding ortho intramolecular Hbond substituents is 1. The Labute approximate surface area is 180 Å². The quantitative estimate of drug-likeness (QED) is 0.413. The van der Waals surface area contributed by atoms with Gasteiger partial charge in [-0.3, -0.25) is 5.10 Å². The first-order valence-electron chi connectivity index (χ1n) is 9.22. The molecule has 2 aromatic carbocycles. The normalized spacial score (nSPS) is 11.4. The molecule has 0 aliphatic carbocycles. The average Bonchev–Trinajstić information content (AvgIpc) is 3.11. The summed E-state index contributed by atoms with van der Waals surface area (Å²) < 4.78 is 46.4. The summed E-state index contributed by atoms with van der Waals surface area (Å²) in [6, 6.07) is 3.20. The van der Waals surface area contributed by atoms with Gasteiger partial charge in [-0.1, -0.05) is 11.6 Å². The third-order valence-electron chi connectivity index (χ3n) is 4.88. The topological polar surface area (TPSA) is 89.5 Å². The summed E-state index contributed by atoms with van der Waals surface area (Å²) in [6.45, 7) is 2.20. The van der Waals surface area contributed by atoms with E-state index in [1.807, 2.05) is 0 Å². The van der Waals surface area contributed by atoms with Crippen LogP contribution in [-0.2, 0) is 4.74 Å². The first-order chi connectivity index (χ1) is 14.9. The highest BCUT2D eigenvalue weighted by Gasteiger charge is 2.25. The van der Waals surface area contributed by atoms with Crippen LogP contribution in [0.2, 0.25) is 5.02 Å². The zero-order valence-electron chi connectivity index (χ0n) is 16.8. The van der Waals surface area contributed by atoms with Crippen LogP contribution in [0.25, 0.3) is 33.1 Å². The van der Waals surface area contributed by atoms with E-state index in [4.69, 9.17) is 25.8 Å². The number of aryl methyl sites for hydroxylation is 1. The molecule has 0 unspecified atom stereocenters. The Morgan fingerprint density at radius 1 is 1.06 bits per heavy atom. The second-order valence-corrected chi connectivity index (χ2v) is 7.16. The summed E-state index contributed by atoms with van der Waals surface area (Å²) in [4.78, 5) is 4.41. The highest BCUT2D eigenvalue weighted by Crippen LogP contribution is 2.45. The van der Waals surface area contributed by atoms with Crippen LogP contribution in [0, 0.1) is 18.6 Å². The number of nitrogens with one attached hydrogen (secondary N) is 1. The van der Waals surface area contributed by atoms with Gasteiger partial charge in [-0.2, -0.15) is 5.10 Å². The number of methoxy groups -OCH3 is 2. The van der Waals surface area contributed by atoms with Crippen LogP contribution in [0.3, 0.4) is 0 Å². The molecule has 31 heavy (non-hydrogen) atoms. The van der Waals surface area contributed by atoms with E-state index in [9.17, 15) is 9.50 Å². The van der Waals surface area contributed by atoms with Crippen molar-refractivity contribution >= 4 is 33.4 Å². The number of halogens is 3. The van der Waals surface area contributed by atoms with E-state index in [2.05, 4.69) is 15.2 Å². The standard InChI is InChI=1S/C21H18ClF2N3O4/c1-9-16-18-17(13(24)8-15(20(18)30-3)31-5-4-29-2)19(25-21(16)27-26-9)10-6-11(22)14(28)7-12(10)23/h6-8,28H,4-5H2,1-3H3,(H,25,26,27). The highest BCUT2D eigenvalue weighted by atomic mass is 35.5. The minimum absolute atomic E-state index is 0.00796. The number of aromatic nitrogens is 3. The van der Waals surface area contributed by atoms with Crippen molar-refractivity contribution in [2.24, 2.45) is 0 Å². The van der Waals surface area contributed by atoms with Gasteiger partial charge >= 0.3 is 0 Å². The van der Waals surface area contributed by atoms with Crippen molar-refractivity contribution in [1.82, 2.24) is 15.2 Å². The molecule has 0 bridgehead atoms. The van der Waals surface area contributed by atoms with Gasteiger partial charge in [0.05, 0.1) is 35.5 Å². The lowest BCUT2D eigenvalue weighted by molar-refractivity contribution is 0.144. The lowest BCUT2D eigenvalue weighted by Gasteiger charge is -2.17. The Kier molecular flexibility index (Phi) is 5.55. The molecule has 0 aliphatic heterocycles. The van der Waals surface area contributed by atoms with Gasteiger partial charge in [0.1, 0.15) is 24.0 Å². The summed E-state index contributed by atoms with van der Waals surface area (Å²) in [5.74, 6) is -1.54. The lowest BCUT2D eigenvalue weighted by atomic mass is 9.98. The van der Waals surface area contributed by atoms with Crippen molar-refractivity contribution in [3.05, 3.63) is 40.6 Å². The van der Waals surface area contributed by atoms with Gasteiger partial charge in [0.25, 0.3) is 0 Å². The van der Waals surface area contributed by atoms with Crippen molar-refractivity contribution in [3.63, 3.8) is 0 Å². The number of nitrogens with zero attached hydrogens (tertiary/aromatic N) is 2. The molecule has 4 rings (SSSR count). The molecular weight excluding hydrogens is 432 g/mol. The van der Waals surface area contributed by atoms with Crippen LogP contribution in [-0.4, -0.2) is 47.7 Å². The maximum Gasteiger partial charge on any atom is 0.169 e. The number of hydrogen-bond acceptors (Lipinski definition) is 6. The minimum Gasteiger partial charge on any atom is -0.506 e. The summed E-state index contributed by atoms with van der Waals surface area (Å²) in [5, 5.41) is 17.4. The van der Waals surface area contributed by atoms with E-state index < -0.39 is 17.4 Å². The molecule has 0 aliphatic rings. The van der Waals surface area contributed by atoms with Gasteiger partial charge in [-0.05, 0) is 13.0 Å². The summed E-state index contributed by atoms with van der Waals surface area (Å²) >= 11 is 5.99. The van der Waals surface area contributed by atoms with Gasteiger partial charge in [0, 0.05) is 35.6 Å². The van der Waals surface area contributed by atoms with E-state index in [0.29, 0.717) is 28.7 Å². The lowest BCUT2D eigenvalue weighted by Crippen LogP contribution is -2.06. The fraction of sp³-hybridized carbons (Fsp3) is 0.238. The number of ether oxygens (including phenoxy) is 3. The van der Waals surface area contributed by atoms with Crippen LogP contribution in [0.15, 0.2) is 18.2 Å². The number of hydrogen-bond donors (Lipinski definition) is 2. The Balaban J connectivity index is 2.13. The number of fused-ring (bicyclic) bond motifs is 3. The zero-order chi connectivity index (χ0) is 22.3. The molecule has 2 heterocycles. The minimum atomic E-state index is -0.815. The largest absolute Gasteiger partial charge is 0.506 e. The number of aromatic amines is 1. The summed E-state index contributed by atoms with van der Waals surface area (Å²) in [7, 11) is 2.95. The smallest absolute Gasteiger partial charge is 0.169 e. The Bertz CT molecular complexity index is 1310. The van der Waals surface area contributed by atoms with Crippen LogP contribution in [0.4, 0.5) is 8.78 Å². The highest BCUT2D eigenvalue weighted by molar-refractivity contribution is 6.32. The van der Waals surface area contributed by atoms with Crippen molar-refractivity contribution in [2.45, 2.75) is 6.92 Å². The Hall–Kier alpha value is -3.17. The molecule has 2 aromatic heterocycles. The molecule has 0 spiro atoms. The van der Waals surface area contributed by atoms with Gasteiger partial charge < -0.3 is 19.3 Å². The number of rotatable bonds is 6. The number of benzene rings is 2. The van der Waals surface area contributed by atoms with Gasteiger partial charge in [0.15, 0.2) is 17.1 Å². The number of aromatic hydroxyl groups is 1. The molecule has 0 saturated heterocycles. The Morgan fingerprint density at radius 3 is 2.55 bits per heavy atom. The molecule has 0 saturated carbocycles. The predicted octanol–water partition coefficient (Wildman–Crippen LogP) is 4.76. The monoisotopic (exact) mass is 449 g/mol. The van der Waals surface area contributed by atoms with Crippen molar-refractivity contribution in [1.29, 1.82) is 0 Å². The van der Waals surface area contributed by atoms with Gasteiger partial charge in [-0.15, -0.1) is 0 Å². The number of phenols is 1. The molecule has 4 aromatic rings. The van der Waals surface area contributed by atoms with E-state index in [0.717, 1.165) is 12.1 Å². The molecule has 0 amide bonds. The fourth-order valence-electron chi connectivity index (χ4n) is 3.50. The number of H-pyrrole nitrogens is 1. The third-order valence-corrected chi connectivity index (χ3v) is 5.18. The van der Waals surface area contributed by atoms with Gasteiger partial charge in [0.2, 0.25) is 0 Å². The Morgan fingerprint density at radius 2 is 1.84 bits per heavy atom. The second-order valence-electron chi connectivity index (χ2n) is 6.76. The van der Waals surface area contributed by atoms with Crippen LogP contribution in [0.5, 0.6) is 17.2 Å². The summed E-state index contributed by atoms with van der Waals surface area (Å²) in [5.41, 5.74) is 0.742. The van der Waals surface area contributed by atoms with E-state index in [1.54, 1.807) is 6.92 Å². The predicted molar refractivity (Wildman–Crippen MR) is 112 cm³/mol. The molecule has 10 heteroatoms. The van der Waals surface area contributed by atoms with E-state index in [-0.39, 0.29) is 39.8 Å².